The Morgan fingerprint density at radius 2 is 1.76 bits per heavy atom. The molecule has 15 heteroatoms. The van der Waals surface area contributed by atoms with Crippen LogP contribution in [0.25, 0.3) is 17.2 Å². The molecule has 0 amide bonds. The quantitative estimate of drug-likeness (QED) is 0.0442. The van der Waals surface area contributed by atoms with Crippen LogP contribution in [0.3, 0.4) is 0 Å². The van der Waals surface area contributed by atoms with Crippen molar-refractivity contribution in [3.63, 3.8) is 0 Å². The van der Waals surface area contributed by atoms with Crippen LogP contribution in [0.15, 0.2) is 108 Å². The topological polar surface area (TPSA) is 186 Å². The third kappa shape index (κ3) is 11.4. The number of carbonyl (C=O) groups excluding carboxylic acids is 1. The van der Waals surface area contributed by atoms with E-state index in [-0.39, 0.29) is 83.6 Å². The number of aromatic hydroxyl groups is 2. The standard InChI is InChI=1S/C81H90N4O9S2/c1-46(87)92-44-64-58-21-22-60-70-53(36-57(88)37-67(70)91-3)39-80-31-28-52(38-80)73-59-24-27-69(82)85-65(59)25-20-50-18-19-51(32-48-14-10-16-55(33-48)81(73)29-8-5-9-30-81)63(43-90-2)54(42-86)40-83-41-62-71(50)72(76(64)93-77(58)74(60)80)61-23-26-66-79(94-78(61)75(62)89)68(35-47-12-6-4-7-13-47)96-95-45-49-15-11-17-56(34-49)84-66/h4,6-7,10,12-14,16,21-24,26-27,33,36-37,49-52,54,56,63-64,66,68-69,73,76,79,83-86,88-89H,5,8-9,11,15,17,28-32,34-35,38-45,82H2,1-3H3. The van der Waals surface area contributed by atoms with E-state index in [2.05, 4.69) is 131 Å². The molecule has 96 heavy (non-hydrogen) atoms. The molecule has 15 unspecified atom stereocenters. The molecular weight excluding hydrogens is 1240 g/mol. The number of phenols is 2. The maximum Gasteiger partial charge on any atom is 0.302 e. The number of aliphatic hydroxyl groups excluding tert-OH is 1. The summed E-state index contributed by atoms with van der Waals surface area (Å²) in [5.41, 5.74) is 19.7. The van der Waals surface area contributed by atoms with E-state index in [4.69, 9.17) is 29.4 Å². The lowest BCUT2D eigenvalue weighted by molar-refractivity contribution is -0.141. The molecule has 15 atom stereocenters. The lowest BCUT2D eigenvalue weighted by atomic mass is 9.55. The first-order chi connectivity index (χ1) is 46.9. The highest BCUT2D eigenvalue weighted by atomic mass is 33.1. The first kappa shape index (κ1) is 63.9. The normalized spacial score (nSPS) is 31.7. The minimum atomic E-state index is -0.877. The number of aliphatic hydroxyl groups is 1. The van der Waals surface area contributed by atoms with Crippen molar-refractivity contribution >= 4 is 33.6 Å². The average Bonchev–Trinajstić information content (AvgIpc) is 1.49. The molecule has 3 saturated carbocycles. The summed E-state index contributed by atoms with van der Waals surface area (Å²) < 4.78 is 35.0. The van der Waals surface area contributed by atoms with E-state index in [0.717, 1.165) is 133 Å². The smallest absolute Gasteiger partial charge is 0.302 e. The molecule has 11 aliphatic rings. The summed E-state index contributed by atoms with van der Waals surface area (Å²) in [5.74, 6) is 16.8. The first-order valence-electron chi connectivity index (χ1n) is 35.5. The fourth-order valence-electron chi connectivity index (χ4n) is 19.9. The van der Waals surface area contributed by atoms with Crippen LogP contribution in [-0.4, -0.2) is 97.2 Å². The lowest BCUT2D eigenvalue weighted by Gasteiger charge is -2.49. The number of ether oxygens (including phenoxy) is 5. The Morgan fingerprint density at radius 3 is 2.59 bits per heavy atom. The van der Waals surface area contributed by atoms with E-state index in [1.54, 1.807) is 20.3 Å². The Balaban J connectivity index is 1.03. The molecule has 2 spiro atoms. The Labute approximate surface area is 573 Å². The molecule has 8 N–H and O–H groups in total. The molecule has 1 saturated heterocycles. The van der Waals surface area contributed by atoms with E-state index < -0.39 is 41.6 Å². The number of methoxy groups -OCH3 is 2. The number of hydrogen-bond donors (Lipinski definition) is 7. The van der Waals surface area contributed by atoms with Crippen LogP contribution in [-0.2, 0) is 50.9 Å². The molecule has 5 aromatic rings. The van der Waals surface area contributed by atoms with Gasteiger partial charge in [0.15, 0.2) is 11.5 Å². The van der Waals surface area contributed by atoms with Crippen molar-refractivity contribution in [1.29, 1.82) is 0 Å². The minimum absolute atomic E-state index is 0.00119. The molecule has 13 nitrogen and oxygen atoms in total. The number of phenolic OH excluding ortho intramolecular Hbond substituents is 2. The number of benzene rings is 5. The van der Waals surface area contributed by atoms with Gasteiger partial charge in [0.05, 0.1) is 42.8 Å². The average molecular weight is 1330 g/mol. The van der Waals surface area contributed by atoms with Gasteiger partial charge in [0.1, 0.15) is 42.0 Å². The molecule has 5 aromatic carbocycles. The molecule has 0 radical (unpaired) electrons. The van der Waals surface area contributed by atoms with E-state index in [9.17, 15) is 20.1 Å². The van der Waals surface area contributed by atoms with E-state index in [0.29, 0.717) is 60.1 Å². The maximum absolute atomic E-state index is 14.1. The fourth-order valence-corrected chi connectivity index (χ4v) is 23.1. The van der Waals surface area contributed by atoms with Crippen molar-refractivity contribution in [3.05, 3.63) is 164 Å². The van der Waals surface area contributed by atoms with Crippen LogP contribution in [0, 0.1) is 59.2 Å². The number of dihydropyridines is 1. The number of rotatable bonds is 8. The lowest BCUT2D eigenvalue weighted by Crippen LogP contribution is -2.52. The monoisotopic (exact) mass is 1330 g/mol. The Hall–Kier alpha value is -6.79. The maximum atomic E-state index is 14.1. The van der Waals surface area contributed by atoms with Crippen molar-refractivity contribution in [2.45, 2.75) is 168 Å². The van der Waals surface area contributed by atoms with E-state index in [1.807, 2.05) is 27.7 Å². The van der Waals surface area contributed by atoms with Gasteiger partial charge in [-0.25, -0.2) is 0 Å². The summed E-state index contributed by atoms with van der Waals surface area (Å²) in [6.45, 7) is 2.28. The molecule has 6 aliphatic heterocycles. The summed E-state index contributed by atoms with van der Waals surface area (Å²) in [5, 5.41) is 49.3. The van der Waals surface area contributed by atoms with Gasteiger partial charge in [-0.1, -0.05) is 150 Å². The molecule has 11 bridgehead atoms. The van der Waals surface area contributed by atoms with Crippen LogP contribution in [0.1, 0.15) is 158 Å². The van der Waals surface area contributed by atoms with Gasteiger partial charge in [0, 0.05) is 114 Å². The zero-order chi connectivity index (χ0) is 65.4. The van der Waals surface area contributed by atoms with Crippen molar-refractivity contribution in [2.24, 2.45) is 41.2 Å². The van der Waals surface area contributed by atoms with Crippen molar-refractivity contribution < 1.29 is 43.8 Å². The highest BCUT2D eigenvalue weighted by Crippen LogP contribution is 2.66. The third-order valence-electron chi connectivity index (χ3n) is 24.0. The van der Waals surface area contributed by atoms with Gasteiger partial charge in [-0.2, -0.15) is 0 Å². The fraction of sp³-hybridized carbons (Fsp3) is 0.494. The third-order valence-corrected chi connectivity index (χ3v) is 27.0. The van der Waals surface area contributed by atoms with E-state index >= 15 is 0 Å². The van der Waals surface area contributed by atoms with Crippen LogP contribution in [0.2, 0.25) is 0 Å². The highest BCUT2D eigenvalue weighted by molar-refractivity contribution is 8.77. The summed E-state index contributed by atoms with van der Waals surface area (Å²) in [6.07, 6.45) is 21.5. The second-order valence-electron chi connectivity index (χ2n) is 29.6. The second-order valence-corrected chi connectivity index (χ2v) is 32.3. The number of allylic oxidation sites excluding steroid dienone is 3. The van der Waals surface area contributed by atoms with Crippen molar-refractivity contribution in [3.8, 4) is 63.6 Å². The Bertz CT molecular complexity index is 4080. The van der Waals surface area contributed by atoms with Crippen LogP contribution in [0.5, 0.6) is 28.7 Å². The molecular formula is C81H90N4O9S2. The minimum Gasteiger partial charge on any atom is -0.508 e. The van der Waals surface area contributed by atoms with Crippen LogP contribution < -0.4 is 35.9 Å². The Morgan fingerprint density at radius 1 is 0.885 bits per heavy atom. The molecule has 0 aromatic heterocycles. The summed E-state index contributed by atoms with van der Waals surface area (Å²) >= 11 is 0. The van der Waals surface area contributed by atoms with Crippen LogP contribution in [0.4, 0.5) is 0 Å². The number of nitrogens with one attached hydrogen (secondary N) is 3. The predicted molar refractivity (Wildman–Crippen MR) is 379 cm³/mol. The van der Waals surface area contributed by atoms with Crippen molar-refractivity contribution in [1.82, 2.24) is 16.0 Å². The van der Waals surface area contributed by atoms with Crippen LogP contribution >= 0.6 is 21.6 Å². The number of fused-ring (bicyclic) bond motifs is 16. The zero-order valence-electron chi connectivity index (χ0n) is 55.4. The molecule has 500 valence electrons. The number of nitrogens with two attached hydrogens (primary N) is 1. The molecule has 6 heterocycles. The SMILES string of the molecule is COCC1C2C#CC3C#CC4=C(C=CC(N)N4)C(C4CCC5(Cc6cc(O)cc(OC)c6-c6ccc7c(c65)OC(c5c6c(c(O)c(c53)CNCC1CO)OC1C(C=C6)NC3CCCC(CSSC1Cc1ccccc1)C3)C7COC(C)=O)C4)C1(CCCCC1)c1cccc(c1)C2. The molecule has 4 fully saturated rings. The van der Waals surface area contributed by atoms with Gasteiger partial charge in [0.2, 0.25) is 0 Å². The first-order valence-corrected chi connectivity index (χ1v) is 37.9. The molecule has 16 rings (SSSR count). The van der Waals surface area contributed by atoms with Gasteiger partial charge >= 0.3 is 5.97 Å². The number of carbonyl (C=O) groups is 1. The second kappa shape index (κ2) is 26.5. The van der Waals surface area contributed by atoms with Gasteiger partial charge < -0.3 is 60.7 Å². The molecule has 5 aliphatic carbocycles. The summed E-state index contributed by atoms with van der Waals surface area (Å²) in [6, 6.07) is 28.3. The largest absolute Gasteiger partial charge is 0.508 e. The Kier molecular flexibility index (Phi) is 17.6. The van der Waals surface area contributed by atoms with Crippen molar-refractivity contribution in [2.75, 3.05) is 46.3 Å². The zero-order valence-corrected chi connectivity index (χ0v) is 57.1. The summed E-state index contributed by atoms with van der Waals surface area (Å²) in [4.78, 5) is 13.6. The van der Waals surface area contributed by atoms with Gasteiger partial charge in [-0.15, -0.1) is 0 Å². The van der Waals surface area contributed by atoms with E-state index in [1.165, 1.54) is 30.0 Å². The predicted octanol–water partition coefficient (Wildman–Crippen LogP) is 12.9. The number of esters is 1. The number of hydrogen-bond acceptors (Lipinski definition) is 15. The van der Waals surface area contributed by atoms with Gasteiger partial charge in [-0.3, -0.25) is 4.79 Å². The van der Waals surface area contributed by atoms with Gasteiger partial charge in [0.25, 0.3) is 0 Å². The highest BCUT2D eigenvalue weighted by Gasteiger charge is 2.57. The summed E-state index contributed by atoms with van der Waals surface area (Å²) in [7, 11) is 7.29. The van der Waals surface area contributed by atoms with Gasteiger partial charge in [-0.05, 0) is 145 Å².